The summed E-state index contributed by atoms with van der Waals surface area (Å²) in [5.41, 5.74) is 13.0. The molecule has 192 valence electrons. The number of benzene rings is 1. The first-order valence-electron chi connectivity index (χ1n) is 10.9. The number of ether oxygens (including phenoxy) is 1. The Morgan fingerprint density at radius 3 is 2.78 bits per heavy atom. The summed E-state index contributed by atoms with van der Waals surface area (Å²) in [4.78, 5) is 14.8. The lowest BCUT2D eigenvalue weighted by molar-refractivity contribution is -0.0948. The predicted molar refractivity (Wildman–Crippen MR) is 128 cm³/mol. The van der Waals surface area contributed by atoms with Gasteiger partial charge in [0.25, 0.3) is 0 Å². The topological polar surface area (TPSA) is 216 Å². The Balaban J connectivity index is 1.58. The quantitative estimate of drug-likeness (QED) is 0.139. The summed E-state index contributed by atoms with van der Waals surface area (Å²) < 4.78 is 31.9. The standard InChI is InChI=1S/C20H26N9O6P/c1-11(2)27-36(32,35-12-7-5-4-6-8-12)33-9-13-15(30)20(3,31)18(34-13)29-10-23-14-16(21)24-19(26-28-22)25-17(14)29/h4-8,10-11,13,15,18,30-31H,9H2,1-3H3,(H,27,32)(H2,21,24,25)/t13-,15?,18-,20-,36?/m1/s1. The molecule has 15 nitrogen and oxygen atoms in total. The smallest absolute Gasteiger partial charge is 0.413 e. The molecular weight excluding hydrogens is 493 g/mol. The highest BCUT2D eigenvalue weighted by atomic mass is 31.2. The number of nitrogen functional groups attached to an aromatic ring is 1. The van der Waals surface area contributed by atoms with Crippen LogP contribution in [0.4, 0.5) is 11.8 Å². The molecule has 1 aliphatic heterocycles. The van der Waals surface area contributed by atoms with Gasteiger partial charge >= 0.3 is 7.75 Å². The van der Waals surface area contributed by atoms with Crippen LogP contribution < -0.4 is 15.3 Å². The molecule has 5 N–H and O–H groups in total. The van der Waals surface area contributed by atoms with E-state index in [9.17, 15) is 14.8 Å². The highest BCUT2D eigenvalue weighted by molar-refractivity contribution is 7.52. The zero-order valence-corrected chi connectivity index (χ0v) is 20.6. The van der Waals surface area contributed by atoms with Crippen LogP contribution in [0.1, 0.15) is 27.0 Å². The fraction of sp³-hybridized carbons (Fsp3) is 0.450. The third-order valence-corrected chi connectivity index (χ3v) is 7.14. The van der Waals surface area contributed by atoms with Gasteiger partial charge in [0, 0.05) is 11.0 Å². The van der Waals surface area contributed by atoms with Crippen molar-refractivity contribution in [3.05, 3.63) is 47.1 Å². The van der Waals surface area contributed by atoms with Crippen LogP contribution in [0.5, 0.6) is 5.75 Å². The lowest BCUT2D eigenvalue weighted by Gasteiger charge is -2.27. The number of para-hydroxylation sites is 1. The lowest BCUT2D eigenvalue weighted by Crippen LogP contribution is -2.44. The van der Waals surface area contributed by atoms with Crippen LogP contribution >= 0.6 is 7.75 Å². The van der Waals surface area contributed by atoms with Gasteiger partial charge in [-0.25, -0.2) is 24.6 Å². The molecule has 0 bridgehead atoms. The largest absolute Gasteiger partial charge is 0.459 e. The van der Waals surface area contributed by atoms with Crippen molar-refractivity contribution in [2.75, 3.05) is 12.3 Å². The summed E-state index contributed by atoms with van der Waals surface area (Å²) in [7, 11) is -3.88. The Morgan fingerprint density at radius 1 is 1.39 bits per heavy atom. The highest BCUT2D eigenvalue weighted by Gasteiger charge is 2.54. The summed E-state index contributed by atoms with van der Waals surface area (Å²) in [5, 5.41) is 28.1. The Hall–Kier alpha value is -3.29. The Kier molecular flexibility index (Phi) is 7.16. The molecule has 4 rings (SSSR count). The molecule has 0 spiro atoms. The van der Waals surface area contributed by atoms with Crippen molar-refractivity contribution in [1.82, 2.24) is 24.6 Å². The van der Waals surface area contributed by atoms with Crippen LogP contribution in [0.2, 0.25) is 0 Å². The lowest BCUT2D eigenvalue weighted by atomic mass is 9.96. The maximum atomic E-state index is 13.4. The first kappa shape index (κ1) is 25.8. The van der Waals surface area contributed by atoms with Gasteiger partial charge < -0.3 is 25.2 Å². The number of azide groups is 1. The zero-order chi connectivity index (χ0) is 26.1. The highest BCUT2D eigenvalue weighted by Crippen LogP contribution is 2.47. The molecule has 1 aliphatic rings. The number of aliphatic hydroxyl groups is 2. The second-order valence-electron chi connectivity index (χ2n) is 8.60. The molecular formula is C20H26N9O6P. The minimum atomic E-state index is -3.88. The maximum absolute atomic E-state index is 13.4. The summed E-state index contributed by atoms with van der Waals surface area (Å²) >= 11 is 0. The first-order chi connectivity index (χ1) is 17.0. The van der Waals surface area contributed by atoms with Crippen LogP contribution in [-0.4, -0.2) is 60.2 Å². The average Bonchev–Trinajstić information content (AvgIpc) is 3.32. The fourth-order valence-electron chi connectivity index (χ4n) is 3.76. The van der Waals surface area contributed by atoms with Gasteiger partial charge in [-0.1, -0.05) is 18.2 Å². The van der Waals surface area contributed by atoms with Crippen molar-refractivity contribution in [2.45, 2.75) is 50.8 Å². The molecule has 0 amide bonds. The van der Waals surface area contributed by atoms with E-state index in [-0.39, 0.29) is 35.6 Å². The maximum Gasteiger partial charge on any atom is 0.459 e. The van der Waals surface area contributed by atoms with Crippen LogP contribution in [0, 0.1) is 0 Å². The molecule has 5 atom stereocenters. The van der Waals surface area contributed by atoms with Gasteiger partial charge in [0.2, 0.25) is 5.95 Å². The van der Waals surface area contributed by atoms with E-state index in [0.29, 0.717) is 5.75 Å². The van der Waals surface area contributed by atoms with Crippen molar-refractivity contribution in [3.8, 4) is 5.75 Å². The summed E-state index contributed by atoms with van der Waals surface area (Å²) in [6.07, 6.45) is -2.47. The second-order valence-corrected chi connectivity index (χ2v) is 10.3. The van der Waals surface area contributed by atoms with Gasteiger partial charge in [-0.2, -0.15) is 0 Å². The Bertz CT molecular complexity index is 1330. The van der Waals surface area contributed by atoms with Crippen molar-refractivity contribution in [3.63, 3.8) is 0 Å². The molecule has 1 saturated heterocycles. The molecule has 0 saturated carbocycles. The van der Waals surface area contributed by atoms with E-state index in [1.807, 2.05) is 0 Å². The molecule has 3 heterocycles. The third kappa shape index (κ3) is 5.13. The normalized spacial score (nSPS) is 25.6. The number of nitrogens with zero attached hydrogens (tertiary/aromatic N) is 7. The SMILES string of the molecule is CC(C)NP(=O)(OC[C@H]1O[C@@H](n2cnc3c(N)nc(N=[N+]=[N-])nc32)[C@](C)(O)C1O)Oc1ccccc1. The minimum absolute atomic E-state index is 0.0435. The minimum Gasteiger partial charge on any atom is -0.413 e. The number of aliphatic hydroxyl groups excluding tert-OH is 1. The van der Waals surface area contributed by atoms with Crippen molar-refractivity contribution >= 4 is 30.7 Å². The summed E-state index contributed by atoms with van der Waals surface area (Å²) in [6, 6.07) is 8.23. The van der Waals surface area contributed by atoms with Gasteiger partial charge in [0.05, 0.1) is 12.9 Å². The second kappa shape index (κ2) is 9.99. The molecule has 2 unspecified atom stereocenters. The van der Waals surface area contributed by atoms with Gasteiger partial charge in [-0.3, -0.25) is 9.09 Å². The van der Waals surface area contributed by atoms with Gasteiger partial charge in [-0.05, 0) is 43.5 Å². The molecule has 1 aromatic carbocycles. The van der Waals surface area contributed by atoms with E-state index in [4.69, 9.17) is 25.0 Å². The number of hydrogen-bond donors (Lipinski definition) is 4. The monoisotopic (exact) mass is 519 g/mol. The molecule has 3 aromatic rings. The van der Waals surface area contributed by atoms with E-state index in [1.54, 1.807) is 44.2 Å². The Labute approximate surface area is 205 Å². The van der Waals surface area contributed by atoms with E-state index >= 15 is 0 Å². The van der Waals surface area contributed by atoms with Crippen LogP contribution in [0.15, 0.2) is 41.8 Å². The van der Waals surface area contributed by atoms with Gasteiger partial charge in [-0.15, -0.1) is 0 Å². The first-order valence-corrected chi connectivity index (χ1v) is 12.5. The van der Waals surface area contributed by atoms with Crippen LogP contribution in [-0.2, 0) is 13.8 Å². The summed E-state index contributed by atoms with van der Waals surface area (Å²) in [6.45, 7) is 4.52. The zero-order valence-electron chi connectivity index (χ0n) is 19.7. The van der Waals surface area contributed by atoms with Gasteiger partial charge in [0.1, 0.15) is 29.1 Å². The number of imidazole rings is 1. The molecule has 0 radical (unpaired) electrons. The number of anilines is 1. The van der Waals surface area contributed by atoms with E-state index < -0.39 is 31.8 Å². The molecule has 36 heavy (non-hydrogen) atoms. The van der Waals surface area contributed by atoms with E-state index in [2.05, 4.69) is 30.1 Å². The third-order valence-electron chi connectivity index (χ3n) is 5.37. The molecule has 0 aliphatic carbocycles. The van der Waals surface area contributed by atoms with Crippen LogP contribution in [0.25, 0.3) is 21.6 Å². The molecule has 2 aromatic heterocycles. The predicted octanol–water partition coefficient (Wildman–Crippen LogP) is 2.56. The van der Waals surface area contributed by atoms with Crippen molar-refractivity contribution in [1.29, 1.82) is 0 Å². The average molecular weight is 519 g/mol. The van der Waals surface area contributed by atoms with E-state index in [0.717, 1.165) is 0 Å². The molecule has 1 fully saturated rings. The number of fused-ring (bicyclic) bond motifs is 1. The Morgan fingerprint density at radius 2 is 2.11 bits per heavy atom. The number of hydrogen-bond acceptors (Lipinski definition) is 11. The molecule has 16 heteroatoms. The van der Waals surface area contributed by atoms with Crippen molar-refractivity contribution in [2.24, 2.45) is 5.11 Å². The summed E-state index contributed by atoms with van der Waals surface area (Å²) in [5.74, 6) is 0.0313. The number of nitrogens with two attached hydrogens (primary N) is 1. The number of aromatic nitrogens is 4. The fourth-order valence-corrected chi connectivity index (χ4v) is 5.31. The van der Waals surface area contributed by atoms with E-state index in [1.165, 1.54) is 17.8 Å². The van der Waals surface area contributed by atoms with Gasteiger partial charge in [0.15, 0.2) is 17.7 Å². The number of nitrogens with one attached hydrogen (secondary N) is 1. The number of rotatable bonds is 9. The van der Waals surface area contributed by atoms with Crippen LogP contribution in [0.3, 0.4) is 0 Å². The van der Waals surface area contributed by atoms with Crippen molar-refractivity contribution < 1.29 is 28.6 Å².